The van der Waals surface area contributed by atoms with Crippen molar-refractivity contribution in [3.8, 4) is 0 Å². The van der Waals surface area contributed by atoms with Gasteiger partial charge < -0.3 is 5.32 Å². The third-order valence-electron chi connectivity index (χ3n) is 4.23. The van der Waals surface area contributed by atoms with Crippen LogP contribution in [0.4, 0.5) is 0 Å². The van der Waals surface area contributed by atoms with E-state index in [-0.39, 0.29) is 11.8 Å². The molecule has 5 nitrogen and oxygen atoms in total. The van der Waals surface area contributed by atoms with E-state index in [4.69, 9.17) is 0 Å². The van der Waals surface area contributed by atoms with Crippen LogP contribution in [0.25, 0.3) is 0 Å². The van der Waals surface area contributed by atoms with Crippen LogP contribution in [0.5, 0.6) is 0 Å². The maximum Gasteiger partial charge on any atom is 0.212 e. The fourth-order valence-corrected chi connectivity index (χ4v) is 4.59. The van der Waals surface area contributed by atoms with Gasteiger partial charge in [0.05, 0.1) is 5.75 Å². The van der Waals surface area contributed by atoms with Crippen LogP contribution in [-0.2, 0) is 16.4 Å². The standard InChI is InChI=1S/C14H21N3O2S/c18-20(19,8-5-11-3-6-15-7-4-11)17-14-9-12-1-2-13(10-14)16-12/h3-4,6-7,12-14,16-17H,1-2,5,8-10H2. The minimum Gasteiger partial charge on any atom is -0.311 e. The molecule has 2 unspecified atom stereocenters. The Morgan fingerprint density at radius 2 is 1.85 bits per heavy atom. The van der Waals surface area contributed by atoms with Gasteiger partial charge in [-0.25, -0.2) is 13.1 Å². The van der Waals surface area contributed by atoms with Crippen LogP contribution >= 0.6 is 0 Å². The first-order chi connectivity index (χ1) is 9.61. The number of hydrogen-bond acceptors (Lipinski definition) is 4. The number of aryl methyl sites for hydroxylation is 1. The summed E-state index contributed by atoms with van der Waals surface area (Å²) < 4.78 is 27.2. The smallest absolute Gasteiger partial charge is 0.212 e. The molecular weight excluding hydrogens is 274 g/mol. The van der Waals surface area contributed by atoms with Crippen molar-refractivity contribution in [3.05, 3.63) is 30.1 Å². The van der Waals surface area contributed by atoms with Gasteiger partial charge in [-0.15, -0.1) is 0 Å². The van der Waals surface area contributed by atoms with Crippen molar-refractivity contribution < 1.29 is 8.42 Å². The van der Waals surface area contributed by atoms with Crippen molar-refractivity contribution in [1.82, 2.24) is 15.0 Å². The van der Waals surface area contributed by atoms with Gasteiger partial charge in [-0.1, -0.05) is 0 Å². The first kappa shape index (κ1) is 14.0. The molecule has 1 aromatic heterocycles. The zero-order chi connectivity index (χ0) is 14.0. The van der Waals surface area contributed by atoms with Gasteiger partial charge in [0.15, 0.2) is 0 Å². The molecule has 0 saturated carbocycles. The van der Waals surface area contributed by atoms with Crippen molar-refractivity contribution in [3.63, 3.8) is 0 Å². The maximum atomic E-state index is 12.2. The van der Waals surface area contributed by atoms with Crippen LogP contribution in [0.15, 0.2) is 24.5 Å². The van der Waals surface area contributed by atoms with Crippen molar-refractivity contribution in [1.29, 1.82) is 0 Å². The van der Waals surface area contributed by atoms with Gasteiger partial charge in [0.25, 0.3) is 0 Å². The maximum absolute atomic E-state index is 12.2. The predicted molar refractivity (Wildman–Crippen MR) is 77.8 cm³/mol. The van der Waals surface area contributed by atoms with Crippen molar-refractivity contribution in [2.75, 3.05) is 5.75 Å². The third-order valence-corrected chi connectivity index (χ3v) is 5.66. The fraction of sp³-hybridized carbons (Fsp3) is 0.643. The Hall–Kier alpha value is -0.980. The number of sulfonamides is 1. The Morgan fingerprint density at radius 3 is 2.50 bits per heavy atom. The van der Waals surface area contributed by atoms with Gasteiger partial charge in [0, 0.05) is 30.5 Å². The molecular formula is C14H21N3O2S. The lowest BCUT2D eigenvalue weighted by atomic mass is 10.0. The highest BCUT2D eigenvalue weighted by molar-refractivity contribution is 7.89. The van der Waals surface area contributed by atoms with Crippen molar-refractivity contribution in [2.45, 2.75) is 50.2 Å². The van der Waals surface area contributed by atoms with Crippen LogP contribution in [0, 0.1) is 0 Å². The highest BCUT2D eigenvalue weighted by Crippen LogP contribution is 2.27. The Morgan fingerprint density at radius 1 is 1.20 bits per heavy atom. The minimum absolute atomic E-state index is 0.108. The summed E-state index contributed by atoms with van der Waals surface area (Å²) in [7, 11) is -3.20. The van der Waals surface area contributed by atoms with E-state index in [2.05, 4.69) is 15.0 Å². The molecule has 2 fully saturated rings. The van der Waals surface area contributed by atoms with Gasteiger partial charge in [-0.3, -0.25) is 4.98 Å². The van der Waals surface area contributed by atoms with Crippen LogP contribution in [-0.4, -0.2) is 37.3 Å². The highest BCUT2D eigenvalue weighted by atomic mass is 32.2. The second kappa shape index (κ2) is 5.79. The quantitative estimate of drug-likeness (QED) is 0.844. The third kappa shape index (κ3) is 3.56. The molecule has 2 bridgehead atoms. The van der Waals surface area contributed by atoms with E-state index in [1.807, 2.05) is 12.1 Å². The largest absolute Gasteiger partial charge is 0.311 e. The van der Waals surface area contributed by atoms with E-state index in [1.165, 1.54) is 12.8 Å². The van der Waals surface area contributed by atoms with Crippen LogP contribution < -0.4 is 10.0 Å². The molecule has 3 rings (SSSR count). The Balaban J connectivity index is 1.53. The average Bonchev–Trinajstić information content (AvgIpc) is 2.77. The molecule has 0 aromatic carbocycles. The summed E-state index contributed by atoms with van der Waals surface area (Å²) in [6.07, 6.45) is 8.13. The molecule has 20 heavy (non-hydrogen) atoms. The number of fused-ring (bicyclic) bond motifs is 2. The molecule has 2 atom stereocenters. The molecule has 2 saturated heterocycles. The Labute approximate surface area is 120 Å². The predicted octanol–water partition coefficient (Wildman–Crippen LogP) is 0.827. The van der Waals surface area contributed by atoms with Crippen LogP contribution in [0.1, 0.15) is 31.2 Å². The number of pyridine rings is 1. The SMILES string of the molecule is O=S(=O)(CCc1ccncc1)NC1CC2CCC(C1)N2. The molecule has 6 heteroatoms. The number of piperidine rings is 1. The van der Waals surface area contributed by atoms with E-state index in [9.17, 15) is 8.42 Å². The lowest BCUT2D eigenvalue weighted by molar-refractivity contribution is 0.345. The normalized spacial score (nSPS) is 29.5. The lowest BCUT2D eigenvalue weighted by Gasteiger charge is -2.29. The first-order valence-corrected chi connectivity index (χ1v) is 8.91. The number of rotatable bonds is 5. The lowest BCUT2D eigenvalue weighted by Crippen LogP contribution is -2.48. The van der Waals surface area contributed by atoms with E-state index in [0.29, 0.717) is 18.5 Å². The molecule has 110 valence electrons. The number of nitrogens with zero attached hydrogens (tertiary/aromatic N) is 1. The highest BCUT2D eigenvalue weighted by Gasteiger charge is 2.34. The molecule has 0 amide bonds. The minimum atomic E-state index is -3.20. The summed E-state index contributed by atoms with van der Waals surface area (Å²) in [5.74, 6) is 0.149. The molecule has 0 spiro atoms. The summed E-state index contributed by atoms with van der Waals surface area (Å²) >= 11 is 0. The average molecular weight is 295 g/mol. The van der Waals surface area contributed by atoms with E-state index in [0.717, 1.165) is 18.4 Å². The van der Waals surface area contributed by atoms with Crippen molar-refractivity contribution in [2.24, 2.45) is 0 Å². The number of hydrogen-bond donors (Lipinski definition) is 2. The zero-order valence-electron chi connectivity index (χ0n) is 11.5. The summed E-state index contributed by atoms with van der Waals surface area (Å²) in [4.78, 5) is 3.93. The van der Waals surface area contributed by atoms with E-state index < -0.39 is 10.0 Å². The van der Waals surface area contributed by atoms with E-state index in [1.54, 1.807) is 12.4 Å². The monoisotopic (exact) mass is 295 g/mol. The molecule has 3 heterocycles. The van der Waals surface area contributed by atoms with Gasteiger partial charge in [0.2, 0.25) is 10.0 Å². The second-order valence-electron chi connectivity index (χ2n) is 5.85. The fourth-order valence-electron chi connectivity index (χ4n) is 3.27. The van der Waals surface area contributed by atoms with Crippen LogP contribution in [0.2, 0.25) is 0 Å². The van der Waals surface area contributed by atoms with Gasteiger partial charge >= 0.3 is 0 Å². The summed E-state index contributed by atoms with van der Waals surface area (Å²) in [6.45, 7) is 0. The number of aromatic nitrogens is 1. The molecule has 2 N–H and O–H groups in total. The van der Waals surface area contributed by atoms with Crippen LogP contribution in [0.3, 0.4) is 0 Å². The summed E-state index contributed by atoms with van der Waals surface area (Å²) in [5.41, 5.74) is 1.01. The van der Waals surface area contributed by atoms with Crippen molar-refractivity contribution >= 4 is 10.0 Å². The molecule has 0 aliphatic carbocycles. The first-order valence-electron chi connectivity index (χ1n) is 7.26. The molecule has 2 aliphatic rings. The van der Waals surface area contributed by atoms with E-state index >= 15 is 0 Å². The number of nitrogens with one attached hydrogen (secondary N) is 2. The Bertz CT molecular complexity index is 535. The summed E-state index contributed by atoms with van der Waals surface area (Å²) in [6, 6.07) is 4.83. The molecule has 1 aromatic rings. The van der Waals surface area contributed by atoms with Gasteiger partial charge in [-0.2, -0.15) is 0 Å². The topological polar surface area (TPSA) is 71.1 Å². The second-order valence-corrected chi connectivity index (χ2v) is 7.72. The zero-order valence-corrected chi connectivity index (χ0v) is 12.3. The summed E-state index contributed by atoms with van der Waals surface area (Å²) in [5, 5.41) is 3.52. The van der Waals surface area contributed by atoms with Gasteiger partial charge in [0.1, 0.15) is 0 Å². The van der Waals surface area contributed by atoms with Gasteiger partial charge in [-0.05, 0) is 49.8 Å². The Kier molecular flexibility index (Phi) is 4.05. The molecule has 2 aliphatic heterocycles. The molecule has 0 radical (unpaired) electrons.